The Morgan fingerprint density at radius 2 is 1.86 bits per heavy atom. The van der Waals surface area contributed by atoms with E-state index in [2.05, 4.69) is 15.9 Å². The monoisotopic (exact) mass is 370 g/mol. The van der Waals surface area contributed by atoms with Gasteiger partial charge in [-0.05, 0) is 53.6 Å². The molecular weight excluding hydrogens is 348 g/mol. The molecule has 0 amide bonds. The second-order valence-corrected chi connectivity index (χ2v) is 7.23. The number of carboxylic acid groups (broad SMARTS) is 2. The maximum atomic E-state index is 12.1. The highest BCUT2D eigenvalue weighted by Gasteiger charge is 2.52. The smallest absolute Gasteiger partial charge is 0.333 e. The van der Waals surface area contributed by atoms with Crippen molar-refractivity contribution < 1.29 is 19.8 Å². The zero-order chi connectivity index (χ0) is 16.5. The molecule has 22 heavy (non-hydrogen) atoms. The molecule has 0 saturated heterocycles. The number of allylic oxidation sites excluding steroid dienone is 2. The summed E-state index contributed by atoms with van der Waals surface area (Å²) in [4.78, 5) is 24.0. The number of halogens is 1. The average molecular weight is 371 g/mol. The van der Waals surface area contributed by atoms with Crippen molar-refractivity contribution in [3.05, 3.63) is 21.7 Å². The second-order valence-electron chi connectivity index (χ2n) is 6.43. The van der Waals surface area contributed by atoms with Gasteiger partial charge in [0.05, 0.1) is 11.0 Å². The fraction of sp³-hybridized carbons (Fsp3) is 0.647. The second kappa shape index (κ2) is 6.57. The summed E-state index contributed by atoms with van der Waals surface area (Å²) in [6.07, 6.45) is 7.23. The Labute approximate surface area is 139 Å². The maximum Gasteiger partial charge on any atom is 0.333 e. The van der Waals surface area contributed by atoms with E-state index in [-0.39, 0.29) is 11.5 Å². The summed E-state index contributed by atoms with van der Waals surface area (Å²) in [6.45, 7) is 3.61. The lowest BCUT2D eigenvalue weighted by atomic mass is 9.59. The van der Waals surface area contributed by atoms with Crippen molar-refractivity contribution in [2.24, 2.45) is 17.3 Å². The molecule has 0 spiro atoms. The number of hydrogen-bond acceptors (Lipinski definition) is 2. The molecule has 1 saturated carbocycles. The summed E-state index contributed by atoms with van der Waals surface area (Å²) < 4.78 is 0.556. The van der Waals surface area contributed by atoms with E-state index < -0.39 is 23.3 Å². The summed E-state index contributed by atoms with van der Waals surface area (Å²) in [6, 6.07) is 0. The molecule has 2 N–H and O–H groups in total. The lowest BCUT2D eigenvalue weighted by Crippen LogP contribution is -2.45. The van der Waals surface area contributed by atoms with Gasteiger partial charge in [0.1, 0.15) is 0 Å². The molecule has 2 atom stereocenters. The van der Waals surface area contributed by atoms with Crippen LogP contribution < -0.4 is 0 Å². The fourth-order valence-electron chi connectivity index (χ4n) is 4.16. The zero-order valence-corrected chi connectivity index (χ0v) is 14.6. The van der Waals surface area contributed by atoms with Crippen LogP contribution in [0.25, 0.3) is 0 Å². The Kier molecular flexibility index (Phi) is 5.15. The first-order valence-corrected chi connectivity index (χ1v) is 8.70. The molecule has 0 bridgehead atoms. The third kappa shape index (κ3) is 2.75. The molecule has 122 valence electrons. The Balaban J connectivity index is 2.62. The Morgan fingerprint density at radius 3 is 2.32 bits per heavy atom. The molecule has 2 unspecified atom stereocenters. The van der Waals surface area contributed by atoms with Gasteiger partial charge in [-0.3, -0.25) is 4.79 Å². The van der Waals surface area contributed by atoms with Gasteiger partial charge in [0.2, 0.25) is 0 Å². The minimum absolute atomic E-state index is 0.118. The lowest BCUT2D eigenvalue weighted by Gasteiger charge is -2.44. The van der Waals surface area contributed by atoms with Crippen LogP contribution in [0.15, 0.2) is 21.7 Å². The van der Waals surface area contributed by atoms with Gasteiger partial charge in [-0.25, -0.2) is 4.79 Å². The average Bonchev–Trinajstić information content (AvgIpc) is 2.49. The Hall–Kier alpha value is -1.10. The summed E-state index contributed by atoms with van der Waals surface area (Å²) in [5.41, 5.74) is -0.165. The molecular formula is C17H23BrO4. The Bertz CT molecular complexity index is 543. The molecule has 0 aromatic carbocycles. The molecule has 2 aliphatic carbocycles. The van der Waals surface area contributed by atoms with Crippen molar-refractivity contribution in [2.45, 2.75) is 52.4 Å². The van der Waals surface area contributed by atoms with Gasteiger partial charge in [-0.15, -0.1) is 0 Å². The predicted molar refractivity (Wildman–Crippen MR) is 87.8 cm³/mol. The highest BCUT2D eigenvalue weighted by atomic mass is 79.9. The van der Waals surface area contributed by atoms with Gasteiger partial charge in [0.15, 0.2) is 0 Å². The largest absolute Gasteiger partial charge is 0.481 e. The van der Waals surface area contributed by atoms with E-state index >= 15 is 0 Å². The molecule has 0 radical (unpaired) electrons. The molecule has 4 nitrogen and oxygen atoms in total. The highest BCUT2D eigenvalue weighted by molar-refractivity contribution is 9.12. The SMILES string of the molecule is CCC1(C(=O)O)C=C(C)C(Br)=C(C(=O)O)C1C1CCCCC1. The quantitative estimate of drug-likeness (QED) is 0.770. The van der Waals surface area contributed by atoms with Crippen molar-refractivity contribution in [3.8, 4) is 0 Å². The molecule has 0 aromatic rings. The third-order valence-corrected chi connectivity index (χ3v) is 6.31. The minimum atomic E-state index is -1.11. The molecule has 0 aromatic heterocycles. The first-order chi connectivity index (χ1) is 10.3. The topological polar surface area (TPSA) is 74.6 Å². The fourth-order valence-corrected chi connectivity index (χ4v) is 4.70. The normalized spacial score (nSPS) is 30.1. The van der Waals surface area contributed by atoms with Crippen molar-refractivity contribution in [3.63, 3.8) is 0 Å². The maximum absolute atomic E-state index is 12.1. The van der Waals surface area contributed by atoms with Crippen LogP contribution in [0.3, 0.4) is 0 Å². The van der Waals surface area contributed by atoms with E-state index in [4.69, 9.17) is 0 Å². The van der Waals surface area contributed by atoms with Gasteiger partial charge < -0.3 is 10.2 Å². The van der Waals surface area contributed by atoms with Crippen molar-refractivity contribution in [2.75, 3.05) is 0 Å². The molecule has 0 heterocycles. The zero-order valence-electron chi connectivity index (χ0n) is 13.1. The molecule has 1 fully saturated rings. The van der Waals surface area contributed by atoms with Crippen LogP contribution >= 0.6 is 15.9 Å². The van der Waals surface area contributed by atoms with E-state index in [9.17, 15) is 19.8 Å². The molecule has 2 aliphatic rings. The number of carbonyl (C=O) groups is 2. The third-order valence-electron chi connectivity index (χ3n) is 5.26. The van der Waals surface area contributed by atoms with Crippen LogP contribution in [-0.4, -0.2) is 22.2 Å². The van der Waals surface area contributed by atoms with Crippen LogP contribution in [0.1, 0.15) is 52.4 Å². The Morgan fingerprint density at radius 1 is 1.27 bits per heavy atom. The standard InChI is InChI=1S/C17H23BrO4/c1-3-17(16(21)22)9-10(2)14(18)12(15(19)20)13(17)11-7-5-4-6-8-11/h9,11,13H,3-8H2,1-2H3,(H,19,20)(H,21,22). The van der Waals surface area contributed by atoms with Crippen molar-refractivity contribution in [1.29, 1.82) is 0 Å². The van der Waals surface area contributed by atoms with Gasteiger partial charge in [0, 0.05) is 10.4 Å². The first kappa shape index (κ1) is 17.3. The van der Waals surface area contributed by atoms with Crippen LogP contribution in [0.4, 0.5) is 0 Å². The van der Waals surface area contributed by atoms with E-state index in [1.807, 2.05) is 6.92 Å². The van der Waals surface area contributed by atoms with Crippen molar-refractivity contribution in [1.82, 2.24) is 0 Å². The van der Waals surface area contributed by atoms with E-state index in [1.54, 1.807) is 13.0 Å². The first-order valence-electron chi connectivity index (χ1n) is 7.91. The highest BCUT2D eigenvalue weighted by Crippen LogP contribution is 2.53. The van der Waals surface area contributed by atoms with Crippen LogP contribution in [-0.2, 0) is 9.59 Å². The van der Waals surface area contributed by atoms with Crippen LogP contribution in [0.5, 0.6) is 0 Å². The minimum Gasteiger partial charge on any atom is -0.481 e. The number of rotatable bonds is 4. The number of hydrogen-bond donors (Lipinski definition) is 2. The summed E-state index contributed by atoms with van der Waals surface area (Å²) in [7, 11) is 0. The van der Waals surface area contributed by atoms with E-state index in [0.717, 1.165) is 32.1 Å². The number of aliphatic carboxylic acids is 2. The van der Waals surface area contributed by atoms with Gasteiger partial charge >= 0.3 is 11.9 Å². The summed E-state index contributed by atoms with van der Waals surface area (Å²) in [5.74, 6) is -2.27. The molecule has 5 heteroatoms. The summed E-state index contributed by atoms with van der Waals surface area (Å²) in [5, 5.41) is 19.6. The number of carboxylic acids is 2. The van der Waals surface area contributed by atoms with Gasteiger partial charge in [-0.2, -0.15) is 0 Å². The van der Waals surface area contributed by atoms with Crippen LogP contribution in [0, 0.1) is 17.3 Å². The van der Waals surface area contributed by atoms with Crippen LogP contribution in [0.2, 0.25) is 0 Å². The molecule has 2 rings (SSSR count). The van der Waals surface area contributed by atoms with Crippen molar-refractivity contribution >= 4 is 27.9 Å². The van der Waals surface area contributed by atoms with Gasteiger partial charge in [0.25, 0.3) is 0 Å². The van der Waals surface area contributed by atoms with E-state index in [1.165, 1.54) is 0 Å². The van der Waals surface area contributed by atoms with E-state index in [0.29, 0.717) is 16.5 Å². The predicted octanol–water partition coefficient (Wildman–Crippen LogP) is 4.36. The van der Waals surface area contributed by atoms with Gasteiger partial charge in [-0.1, -0.05) is 32.3 Å². The lowest BCUT2D eigenvalue weighted by molar-refractivity contribution is -0.150. The molecule has 0 aliphatic heterocycles. The summed E-state index contributed by atoms with van der Waals surface area (Å²) >= 11 is 3.40.